The Morgan fingerprint density at radius 3 is 2.29 bits per heavy atom. The van der Waals surface area contributed by atoms with Crippen molar-refractivity contribution in [3.63, 3.8) is 0 Å². The third-order valence-corrected chi connectivity index (χ3v) is 11.1. The Labute approximate surface area is 203 Å². The standard InChI is InChI=1S/C25H38N2O6Si/c1-15-11-18-22(33-34(9,10)25(5,6)7)27(23(30)32-24(2,3)4)17-13-19(28)20(31-8)12-16(17)21(29)26(18)14-15/h12-14,18,22,28H,11H2,1-10H3. The molecule has 2 unspecified atom stereocenters. The van der Waals surface area contributed by atoms with Gasteiger partial charge in [-0.05, 0) is 58.3 Å². The molecular formula is C25H38N2O6Si. The van der Waals surface area contributed by atoms with Crippen molar-refractivity contribution in [2.45, 2.75) is 90.9 Å². The van der Waals surface area contributed by atoms with Crippen LogP contribution in [0.2, 0.25) is 18.1 Å². The fourth-order valence-corrected chi connectivity index (χ4v) is 5.14. The van der Waals surface area contributed by atoms with Gasteiger partial charge in [0.1, 0.15) is 5.60 Å². The molecule has 188 valence electrons. The molecular weight excluding hydrogens is 452 g/mol. The Bertz CT molecular complexity index is 1020. The molecule has 0 saturated heterocycles. The van der Waals surface area contributed by atoms with E-state index in [2.05, 4.69) is 33.9 Å². The summed E-state index contributed by atoms with van der Waals surface area (Å²) in [7, 11) is -0.998. The highest BCUT2D eigenvalue weighted by atomic mass is 28.4. The Hall–Kier alpha value is -2.52. The van der Waals surface area contributed by atoms with E-state index in [1.54, 1.807) is 25.7 Å². The van der Waals surface area contributed by atoms with Crippen molar-refractivity contribution < 1.29 is 28.6 Å². The van der Waals surface area contributed by atoms with Crippen LogP contribution in [0.4, 0.5) is 10.5 Å². The van der Waals surface area contributed by atoms with Crippen molar-refractivity contribution in [3.05, 3.63) is 29.5 Å². The first-order valence-electron chi connectivity index (χ1n) is 11.6. The van der Waals surface area contributed by atoms with Crippen molar-refractivity contribution in [2.24, 2.45) is 0 Å². The molecule has 0 aromatic heterocycles. The van der Waals surface area contributed by atoms with Gasteiger partial charge in [0.05, 0.1) is 24.4 Å². The molecule has 0 aliphatic carbocycles. The predicted molar refractivity (Wildman–Crippen MR) is 134 cm³/mol. The van der Waals surface area contributed by atoms with Crippen LogP contribution < -0.4 is 9.64 Å². The van der Waals surface area contributed by atoms with Gasteiger partial charge in [-0.15, -0.1) is 0 Å². The van der Waals surface area contributed by atoms with Gasteiger partial charge in [-0.25, -0.2) is 9.69 Å². The van der Waals surface area contributed by atoms with E-state index in [-0.39, 0.29) is 33.7 Å². The molecule has 2 heterocycles. The molecule has 0 fully saturated rings. The van der Waals surface area contributed by atoms with Gasteiger partial charge in [0.15, 0.2) is 26.0 Å². The van der Waals surface area contributed by atoms with E-state index < -0.39 is 32.3 Å². The maximum absolute atomic E-state index is 13.7. The second-order valence-electron chi connectivity index (χ2n) is 11.6. The smallest absolute Gasteiger partial charge is 0.417 e. The minimum absolute atomic E-state index is 0.139. The number of nitrogens with zero attached hydrogens (tertiary/aromatic N) is 2. The van der Waals surface area contributed by atoms with Gasteiger partial charge in [-0.1, -0.05) is 26.3 Å². The van der Waals surface area contributed by atoms with E-state index in [9.17, 15) is 14.7 Å². The molecule has 34 heavy (non-hydrogen) atoms. The number of aromatic hydroxyl groups is 1. The molecule has 2 aliphatic rings. The molecule has 1 N–H and O–H groups in total. The Morgan fingerprint density at radius 1 is 1.15 bits per heavy atom. The number of benzene rings is 1. The van der Waals surface area contributed by atoms with Crippen LogP contribution in [0, 0.1) is 0 Å². The molecule has 0 radical (unpaired) electrons. The van der Waals surface area contributed by atoms with Crippen molar-refractivity contribution in [1.29, 1.82) is 0 Å². The average Bonchev–Trinajstić information content (AvgIpc) is 3.03. The fourth-order valence-electron chi connectivity index (χ4n) is 3.92. The first-order valence-corrected chi connectivity index (χ1v) is 14.5. The monoisotopic (exact) mass is 490 g/mol. The quantitative estimate of drug-likeness (QED) is 0.553. The first-order chi connectivity index (χ1) is 15.5. The Balaban J connectivity index is 2.28. The third-order valence-electron chi connectivity index (χ3n) is 6.66. The summed E-state index contributed by atoms with van der Waals surface area (Å²) >= 11 is 0. The second kappa shape index (κ2) is 8.60. The Kier molecular flexibility index (Phi) is 6.60. The molecule has 9 heteroatoms. The predicted octanol–water partition coefficient (Wildman–Crippen LogP) is 5.62. The molecule has 2 aliphatic heterocycles. The van der Waals surface area contributed by atoms with Crippen LogP contribution in [0.15, 0.2) is 23.9 Å². The maximum Gasteiger partial charge on any atom is 0.417 e. The summed E-state index contributed by atoms with van der Waals surface area (Å²) < 4.78 is 17.9. The minimum Gasteiger partial charge on any atom is -0.504 e. The van der Waals surface area contributed by atoms with Gasteiger partial charge in [-0.3, -0.25) is 4.79 Å². The minimum atomic E-state index is -2.42. The summed E-state index contributed by atoms with van der Waals surface area (Å²) in [5.74, 6) is -0.316. The van der Waals surface area contributed by atoms with Gasteiger partial charge in [-0.2, -0.15) is 0 Å². The number of carbonyl (C=O) groups is 2. The van der Waals surface area contributed by atoms with Gasteiger partial charge >= 0.3 is 6.09 Å². The van der Waals surface area contributed by atoms with Crippen molar-refractivity contribution in [2.75, 3.05) is 12.0 Å². The summed E-state index contributed by atoms with van der Waals surface area (Å²) in [6.07, 6.45) is 0.932. The molecule has 8 nitrogen and oxygen atoms in total. The summed E-state index contributed by atoms with van der Waals surface area (Å²) in [5, 5.41) is 10.5. The number of carbonyl (C=O) groups excluding carboxylic acids is 2. The lowest BCUT2D eigenvalue weighted by Gasteiger charge is -2.44. The summed E-state index contributed by atoms with van der Waals surface area (Å²) in [5.41, 5.74) is 0.715. The van der Waals surface area contributed by atoms with E-state index in [1.807, 2.05) is 13.1 Å². The van der Waals surface area contributed by atoms with Crippen molar-refractivity contribution >= 4 is 26.0 Å². The highest BCUT2D eigenvalue weighted by Crippen LogP contribution is 2.45. The molecule has 0 spiro atoms. The number of fused-ring (bicyclic) bond motifs is 2. The van der Waals surface area contributed by atoms with E-state index >= 15 is 0 Å². The topological polar surface area (TPSA) is 88.5 Å². The second-order valence-corrected chi connectivity index (χ2v) is 16.4. The largest absolute Gasteiger partial charge is 0.504 e. The number of anilines is 1. The highest BCUT2D eigenvalue weighted by Gasteiger charge is 2.50. The van der Waals surface area contributed by atoms with Gasteiger partial charge in [0.2, 0.25) is 0 Å². The molecule has 0 saturated carbocycles. The average molecular weight is 491 g/mol. The number of ether oxygens (including phenoxy) is 2. The van der Waals surface area contributed by atoms with Crippen LogP contribution in [-0.2, 0) is 9.16 Å². The van der Waals surface area contributed by atoms with E-state index in [0.29, 0.717) is 6.42 Å². The van der Waals surface area contributed by atoms with E-state index in [0.717, 1.165) is 5.57 Å². The van der Waals surface area contributed by atoms with Crippen LogP contribution in [0.3, 0.4) is 0 Å². The molecule has 2 amide bonds. The lowest BCUT2D eigenvalue weighted by Crippen LogP contribution is -2.58. The number of hydrogen-bond acceptors (Lipinski definition) is 6. The number of hydrogen-bond donors (Lipinski definition) is 1. The van der Waals surface area contributed by atoms with Crippen molar-refractivity contribution in [3.8, 4) is 11.5 Å². The molecule has 2 atom stereocenters. The number of methoxy groups -OCH3 is 1. The first kappa shape index (κ1) is 26.1. The van der Waals surface area contributed by atoms with Gasteiger partial charge in [0, 0.05) is 12.3 Å². The zero-order valence-corrected chi connectivity index (χ0v) is 23.0. The Morgan fingerprint density at radius 2 is 1.76 bits per heavy atom. The molecule has 1 aromatic rings. The van der Waals surface area contributed by atoms with Crippen LogP contribution >= 0.6 is 0 Å². The number of amides is 2. The van der Waals surface area contributed by atoms with E-state index in [4.69, 9.17) is 13.9 Å². The molecule has 0 bridgehead atoms. The normalized spacial score (nSPS) is 21.0. The zero-order valence-electron chi connectivity index (χ0n) is 22.0. The summed E-state index contributed by atoms with van der Waals surface area (Å²) in [4.78, 5) is 30.5. The third kappa shape index (κ3) is 4.81. The lowest BCUT2D eigenvalue weighted by atomic mass is 10.1. The van der Waals surface area contributed by atoms with Gasteiger partial charge in [0.25, 0.3) is 5.91 Å². The molecule has 1 aromatic carbocycles. The van der Waals surface area contributed by atoms with E-state index in [1.165, 1.54) is 24.1 Å². The zero-order chi connectivity index (χ0) is 25.8. The molecule has 3 rings (SSSR count). The van der Waals surface area contributed by atoms with Crippen LogP contribution in [-0.4, -0.2) is 55.3 Å². The summed E-state index contributed by atoms with van der Waals surface area (Å²) in [6.45, 7) is 17.9. The fraction of sp³-hybridized carbons (Fsp3) is 0.600. The lowest BCUT2D eigenvalue weighted by molar-refractivity contribution is 0.0363. The van der Waals surface area contributed by atoms with Crippen LogP contribution in [0.5, 0.6) is 11.5 Å². The van der Waals surface area contributed by atoms with Crippen LogP contribution in [0.1, 0.15) is 65.2 Å². The van der Waals surface area contributed by atoms with Crippen LogP contribution in [0.25, 0.3) is 0 Å². The number of phenols is 1. The highest BCUT2D eigenvalue weighted by molar-refractivity contribution is 6.74. The number of rotatable bonds is 3. The maximum atomic E-state index is 13.7. The SMILES string of the molecule is COc1cc2c(cc1O)N(C(=O)OC(C)(C)C)C(O[Si](C)(C)C(C)(C)C)C1CC(C)=CN1C2=O. The summed E-state index contributed by atoms with van der Waals surface area (Å²) in [6, 6.07) is 2.42. The van der Waals surface area contributed by atoms with Gasteiger partial charge < -0.3 is 23.9 Å². The number of phenolic OH excluding ortho intramolecular Hbond substituents is 1. The van der Waals surface area contributed by atoms with Crippen molar-refractivity contribution in [1.82, 2.24) is 4.90 Å².